The maximum atomic E-state index is 12.9. The topological polar surface area (TPSA) is 116 Å². The molecule has 0 radical (unpaired) electrons. The predicted molar refractivity (Wildman–Crippen MR) is 136 cm³/mol. The van der Waals surface area contributed by atoms with Gasteiger partial charge in [-0.05, 0) is 42.0 Å². The number of imidazole rings is 1. The molecule has 2 amide bonds. The van der Waals surface area contributed by atoms with E-state index in [1.807, 2.05) is 5.01 Å². The number of rotatable bonds is 5. The third-order valence-corrected chi connectivity index (χ3v) is 8.40. The third kappa shape index (κ3) is 4.81. The van der Waals surface area contributed by atoms with Crippen molar-refractivity contribution >= 4 is 56.6 Å². The van der Waals surface area contributed by atoms with E-state index in [0.717, 1.165) is 11.1 Å². The molecular weight excluding hydrogens is 529 g/mol. The Labute approximate surface area is 219 Å². The van der Waals surface area contributed by atoms with Gasteiger partial charge in [-0.25, -0.2) is 27.8 Å². The van der Waals surface area contributed by atoms with Crippen LogP contribution in [0.3, 0.4) is 0 Å². The number of carbonyl (C=O) groups is 2. The molecule has 192 valence electrons. The number of carbonyl (C=O) groups excluding carboxylic acids is 2. The van der Waals surface area contributed by atoms with Crippen molar-refractivity contribution < 1.29 is 23.1 Å². The second kappa shape index (κ2) is 9.98. The second-order valence-electron chi connectivity index (χ2n) is 8.70. The van der Waals surface area contributed by atoms with E-state index in [1.165, 1.54) is 17.0 Å². The van der Waals surface area contributed by atoms with Crippen LogP contribution in [0.2, 0.25) is 5.02 Å². The minimum Gasteiger partial charge on any atom is -0.382 e. The Morgan fingerprint density at radius 1 is 1.11 bits per heavy atom. The average molecular weight is 554 g/mol. The smallest absolute Gasteiger partial charge is 0.344 e. The highest BCUT2D eigenvalue weighted by atomic mass is 35.5. The van der Waals surface area contributed by atoms with Gasteiger partial charge in [-0.3, -0.25) is 9.80 Å². The van der Waals surface area contributed by atoms with Crippen molar-refractivity contribution in [2.24, 2.45) is 0 Å². The number of benzene rings is 2. The van der Waals surface area contributed by atoms with Gasteiger partial charge >= 0.3 is 6.03 Å². The van der Waals surface area contributed by atoms with E-state index in [4.69, 9.17) is 11.6 Å². The molecule has 1 saturated heterocycles. The summed E-state index contributed by atoms with van der Waals surface area (Å²) in [6, 6.07) is 9.55. The van der Waals surface area contributed by atoms with Crippen molar-refractivity contribution in [1.82, 2.24) is 24.5 Å². The number of aryl methyl sites for hydroxylation is 1. The van der Waals surface area contributed by atoms with Gasteiger partial charge in [0.2, 0.25) is 0 Å². The summed E-state index contributed by atoms with van der Waals surface area (Å²) in [5.74, 6) is -0.724. The summed E-state index contributed by atoms with van der Waals surface area (Å²) >= 11 is 5.98. The fourth-order valence-corrected chi connectivity index (χ4v) is 6.07. The summed E-state index contributed by atoms with van der Waals surface area (Å²) in [6.07, 6.45) is -0.00975. The van der Waals surface area contributed by atoms with Crippen molar-refractivity contribution in [3.05, 3.63) is 59.1 Å². The van der Waals surface area contributed by atoms with Gasteiger partial charge in [0.15, 0.2) is 9.84 Å². The summed E-state index contributed by atoms with van der Waals surface area (Å²) < 4.78 is 27.4. The van der Waals surface area contributed by atoms with Crippen LogP contribution in [0.1, 0.15) is 11.5 Å². The van der Waals surface area contributed by atoms with Gasteiger partial charge in [0.25, 0.3) is 5.91 Å². The standard InChI is InChI=1S/C23H24ClN5O5S.ClH/c1-15-25-12-19-13-28(23(32)29(15)19)27-8-6-26(7-9-27)22(31)21(30)14-35(33,34)20-5-3-16-10-18(24)4-2-17(16)11-20;/h2-5,10-12,21,30H,6-9,13-14H2,1H3;1H/t21-;/m1./s1. The molecule has 0 spiro atoms. The Morgan fingerprint density at radius 3 is 2.47 bits per heavy atom. The molecule has 1 aromatic heterocycles. The number of hydrogen-bond acceptors (Lipinski definition) is 7. The largest absolute Gasteiger partial charge is 0.382 e. The Balaban J connectivity index is 0.00000304. The number of piperazine rings is 1. The number of aliphatic hydroxyl groups excluding tert-OH is 1. The lowest BCUT2D eigenvalue weighted by Gasteiger charge is -2.39. The molecule has 3 aromatic rings. The van der Waals surface area contributed by atoms with Crippen molar-refractivity contribution in [1.29, 1.82) is 0 Å². The highest BCUT2D eigenvalue weighted by Crippen LogP contribution is 2.24. The molecule has 5 rings (SSSR count). The third-order valence-electron chi connectivity index (χ3n) is 6.44. The minimum atomic E-state index is -3.91. The van der Waals surface area contributed by atoms with Gasteiger partial charge in [-0.2, -0.15) is 0 Å². The second-order valence-corrected chi connectivity index (χ2v) is 11.2. The molecular formula is C23H25Cl2N5O5S. The summed E-state index contributed by atoms with van der Waals surface area (Å²) in [5.41, 5.74) is 0.809. The number of nitrogens with zero attached hydrogens (tertiary/aromatic N) is 5. The minimum absolute atomic E-state index is 0. The number of aromatic nitrogens is 2. The van der Waals surface area contributed by atoms with Crippen LogP contribution in [0.4, 0.5) is 4.79 Å². The normalized spacial score (nSPS) is 17.2. The van der Waals surface area contributed by atoms with E-state index in [9.17, 15) is 23.1 Å². The van der Waals surface area contributed by atoms with Crippen LogP contribution in [0.25, 0.3) is 10.8 Å². The Kier molecular flexibility index (Phi) is 7.31. The first-order valence-corrected chi connectivity index (χ1v) is 13.2. The maximum absolute atomic E-state index is 12.9. The first-order valence-electron chi connectivity index (χ1n) is 11.1. The fourth-order valence-electron chi connectivity index (χ4n) is 4.55. The number of aliphatic hydroxyl groups is 1. The number of sulfone groups is 1. The summed E-state index contributed by atoms with van der Waals surface area (Å²) in [5, 5.41) is 16.0. The Hall–Kier alpha value is -2.70. The molecule has 1 fully saturated rings. The zero-order chi connectivity index (χ0) is 24.9. The number of amides is 2. The molecule has 0 bridgehead atoms. The molecule has 13 heteroatoms. The van der Waals surface area contributed by atoms with Crippen LogP contribution in [0, 0.1) is 6.92 Å². The molecule has 36 heavy (non-hydrogen) atoms. The lowest BCUT2D eigenvalue weighted by atomic mass is 10.1. The van der Waals surface area contributed by atoms with E-state index in [2.05, 4.69) is 4.98 Å². The van der Waals surface area contributed by atoms with Crippen molar-refractivity contribution in [3.63, 3.8) is 0 Å². The highest BCUT2D eigenvalue weighted by Gasteiger charge is 2.36. The highest BCUT2D eigenvalue weighted by molar-refractivity contribution is 7.91. The molecule has 0 saturated carbocycles. The van der Waals surface area contributed by atoms with Gasteiger partial charge in [0.05, 0.1) is 29.1 Å². The Morgan fingerprint density at radius 2 is 1.78 bits per heavy atom. The van der Waals surface area contributed by atoms with E-state index in [-0.39, 0.29) is 36.4 Å². The zero-order valence-corrected chi connectivity index (χ0v) is 21.8. The molecule has 2 aliphatic rings. The van der Waals surface area contributed by atoms with Crippen LogP contribution in [0.15, 0.2) is 47.5 Å². The number of fused-ring (bicyclic) bond motifs is 2. The zero-order valence-electron chi connectivity index (χ0n) is 19.4. The fraction of sp³-hybridized carbons (Fsp3) is 0.348. The summed E-state index contributed by atoms with van der Waals surface area (Å²) in [7, 11) is -3.91. The monoisotopic (exact) mass is 553 g/mol. The maximum Gasteiger partial charge on any atom is 0.344 e. The van der Waals surface area contributed by atoms with Gasteiger partial charge in [0.1, 0.15) is 11.9 Å². The van der Waals surface area contributed by atoms with Crippen LogP contribution >= 0.6 is 24.0 Å². The summed E-state index contributed by atoms with van der Waals surface area (Å²) in [6.45, 7) is 3.49. The van der Waals surface area contributed by atoms with E-state index >= 15 is 0 Å². The van der Waals surface area contributed by atoms with Gasteiger partial charge in [-0.1, -0.05) is 23.7 Å². The number of halogens is 2. The molecule has 1 N–H and O–H groups in total. The predicted octanol–water partition coefficient (Wildman–Crippen LogP) is 2.10. The van der Waals surface area contributed by atoms with E-state index in [1.54, 1.807) is 47.0 Å². The van der Waals surface area contributed by atoms with Gasteiger partial charge in [-0.15, -0.1) is 12.4 Å². The lowest BCUT2D eigenvalue weighted by Crippen LogP contribution is -2.57. The van der Waals surface area contributed by atoms with Gasteiger partial charge < -0.3 is 10.0 Å². The lowest BCUT2D eigenvalue weighted by molar-refractivity contribution is -0.143. The molecule has 0 unspecified atom stereocenters. The molecule has 2 aliphatic heterocycles. The van der Waals surface area contributed by atoms with Crippen LogP contribution in [-0.4, -0.2) is 88.0 Å². The average Bonchev–Trinajstić information content (AvgIpc) is 3.37. The SMILES string of the molecule is Cc1ncc2n1C(=O)N(N1CCN(C(=O)[C@H](O)CS(=O)(=O)c3ccc4cc(Cl)ccc4c3)CC1)C2.Cl. The molecule has 1 atom stereocenters. The molecule has 3 heterocycles. The molecule has 0 aliphatic carbocycles. The molecule has 2 aromatic carbocycles. The van der Waals surface area contributed by atoms with Crippen LogP contribution in [-0.2, 0) is 21.2 Å². The first-order chi connectivity index (χ1) is 16.6. The first kappa shape index (κ1) is 26.4. The van der Waals surface area contributed by atoms with Gasteiger partial charge in [0, 0.05) is 31.2 Å². The quantitative estimate of drug-likeness (QED) is 0.514. The van der Waals surface area contributed by atoms with Crippen molar-refractivity contribution in [2.75, 3.05) is 31.9 Å². The van der Waals surface area contributed by atoms with E-state index in [0.29, 0.717) is 35.9 Å². The van der Waals surface area contributed by atoms with Crippen LogP contribution < -0.4 is 0 Å². The number of hydrazine groups is 1. The summed E-state index contributed by atoms with van der Waals surface area (Å²) in [4.78, 5) is 31.1. The van der Waals surface area contributed by atoms with Crippen molar-refractivity contribution in [3.8, 4) is 0 Å². The van der Waals surface area contributed by atoms with Crippen molar-refractivity contribution in [2.45, 2.75) is 24.5 Å². The molecule has 10 nitrogen and oxygen atoms in total. The number of hydrogen-bond donors (Lipinski definition) is 1. The Bertz CT molecular complexity index is 1440. The van der Waals surface area contributed by atoms with Crippen LogP contribution in [0.5, 0.6) is 0 Å². The van der Waals surface area contributed by atoms with E-state index < -0.39 is 27.6 Å².